The minimum Gasteiger partial charge on any atom is -0.756 e. The fourth-order valence-electron chi connectivity index (χ4n) is 7.75. The van der Waals surface area contributed by atoms with Gasteiger partial charge in [0.1, 0.15) is 19.8 Å². The van der Waals surface area contributed by atoms with E-state index in [2.05, 4.69) is 38.2 Å². The molecule has 378 valence electrons. The van der Waals surface area contributed by atoms with Gasteiger partial charge in [-0.25, -0.2) is 0 Å². The predicted octanol–water partition coefficient (Wildman–Crippen LogP) is 15.6. The van der Waals surface area contributed by atoms with Crippen molar-refractivity contribution in [1.82, 2.24) is 0 Å². The van der Waals surface area contributed by atoms with Crippen LogP contribution in [0, 0.1) is 0 Å². The summed E-state index contributed by atoms with van der Waals surface area (Å²) in [6.45, 7) is 4.25. The van der Waals surface area contributed by atoms with Crippen LogP contribution < -0.4 is 4.89 Å². The zero-order chi connectivity index (χ0) is 47.1. The van der Waals surface area contributed by atoms with Gasteiger partial charge in [-0.3, -0.25) is 14.2 Å². The highest BCUT2D eigenvalue weighted by atomic mass is 31.2. The molecule has 0 N–H and O–H groups in total. The van der Waals surface area contributed by atoms with Gasteiger partial charge in [0.25, 0.3) is 7.82 Å². The number of allylic oxidation sites excluding steroid dienone is 4. The molecular weight excluding hydrogens is 822 g/mol. The zero-order valence-electron chi connectivity index (χ0n) is 42.7. The average Bonchev–Trinajstić information content (AvgIpc) is 3.25. The maximum absolute atomic E-state index is 12.8. The Hall–Kier alpha value is -1.51. The van der Waals surface area contributed by atoms with Crippen LogP contribution in [0.4, 0.5) is 0 Å². The van der Waals surface area contributed by atoms with E-state index in [0.717, 1.165) is 51.4 Å². The Morgan fingerprint density at radius 3 is 1.27 bits per heavy atom. The van der Waals surface area contributed by atoms with Gasteiger partial charge in [0, 0.05) is 12.8 Å². The second kappa shape index (κ2) is 46.6. The number of phosphoric acid groups is 1. The molecule has 0 aromatic heterocycles. The third-order valence-electron chi connectivity index (χ3n) is 12.0. The van der Waals surface area contributed by atoms with Gasteiger partial charge < -0.3 is 27.9 Å². The summed E-state index contributed by atoms with van der Waals surface area (Å²) in [5, 5.41) is 0. The highest BCUT2D eigenvalue weighted by molar-refractivity contribution is 7.45. The summed E-state index contributed by atoms with van der Waals surface area (Å²) in [5.41, 5.74) is 0. The molecule has 0 rings (SSSR count). The monoisotopic (exact) mass is 926 g/mol. The Balaban J connectivity index is 4.19. The number of hydrogen-bond donors (Lipinski definition) is 0. The van der Waals surface area contributed by atoms with E-state index in [-0.39, 0.29) is 32.0 Å². The summed E-state index contributed by atoms with van der Waals surface area (Å²) >= 11 is 0. The number of esters is 2. The van der Waals surface area contributed by atoms with Crippen LogP contribution in [0.5, 0.6) is 0 Å². The average molecular weight is 926 g/mol. The quantitative estimate of drug-likeness (QED) is 0.0195. The lowest BCUT2D eigenvalue weighted by Crippen LogP contribution is -2.37. The first-order valence-electron chi connectivity index (χ1n) is 27.0. The molecule has 0 aromatic rings. The van der Waals surface area contributed by atoms with E-state index < -0.39 is 26.5 Å². The molecule has 0 saturated carbocycles. The van der Waals surface area contributed by atoms with Crippen LogP contribution in [0.25, 0.3) is 0 Å². The summed E-state index contributed by atoms with van der Waals surface area (Å²) in [5.74, 6) is -0.825. The zero-order valence-corrected chi connectivity index (χ0v) is 43.6. The lowest BCUT2D eigenvalue weighted by atomic mass is 10.0. The van der Waals surface area contributed by atoms with Crippen molar-refractivity contribution in [2.75, 3.05) is 47.5 Å². The number of hydrogen-bond acceptors (Lipinski definition) is 8. The second-order valence-corrected chi connectivity index (χ2v) is 21.0. The molecule has 0 aliphatic heterocycles. The van der Waals surface area contributed by atoms with Crippen molar-refractivity contribution in [3.63, 3.8) is 0 Å². The van der Waals surface area contributed by atoms with E-state index >= 15 is 0 Å². The van der Waals surface area contributed by atoms with Crippen LogP contribution in [0.1, 0.15) is 258 Å². The van der Waals surface area contributed by atoms with Crippen molar-refractivity contribution < 1.29 is 42.1 Å². The summed E-state index contributed by atoms with van der Waals surface area (Å²) in [6.07, 6.45) is 53.5. The Bertz CT molecular complexity index is 1140. The van der Waals surface area contributed by atoms with Gasteiger partial charge in [0.05, 0.1) is 27.7 Å². The first kappa shape index (κ1) is 62.5. The normalized spacial score (nSPS) is 13.5. The van der Waals surface area contributed by atoms with Gasteiger partial charge in [-0.15, -0.1) is 0 Å². The van der Waals surface area contributed by atoms with E-state index in [1.807, 2.05) is 21.1 Å². The van der Waals surface area contributed by atoms with Crippen LogP contribution in [-0.4, -0.2) is 70.0 Å². The summed E-state index contributed by atoms with van der Waals surface area (Å²) < 4.78 is 34.1. The molecule has 0 radical (unpaired) electrons. The van der Waals surface area contributed by atoms with Gasteiger partial charge in [-0.1, -0.05) is 224 Å². The SMILES string of the molecule is CCCCC/C=C/C/C=C/CCCCCCCCCCCC(=O)O[C@H](COC(=O)CCCCCCCCCCCCCCCCCCCCCCC)COP(=O)([O-])OCC[N+](C)(C)C. The number of carbonyl (C=O) groups excluding carboxylic acids is 2. The highest BCUT2D eigenvalue weighted by Crippen LogP contribution is 2.38. The van der Waals surface area contributed by atoms with Gasteiger partial charge in [0.2, 0.25) is 0 Å². The van der Waals surface area contributed by atoms with Crippen molar-refractivity contribution in [2.24, 2.45) is 0 Å². The Morgan fingerprint density at radius 1 is 0.484 bits per heavy atom. The Labute approximate surface area is 396 Å². The maximum atomic E-state index is 12.8. The molecule has 0 bridgehead atoms. The molecule has 0 amide bonds. The smallest absolute Gasteiger partial charge is 0.306 e. The topological polar surface area (TPSA) is 111 Å². The van der Waals surface area contributed by atoms with Crippen molar-refractivity contribution >= 4 is 19.8 Å². The fraction of sp³-hybridized carbons (Fsp3) is 0.889. The highest BCUT2D eigenvalue weighted by Gasteiger charge is 2.21. The van der Waals surface area contributed by atoms with Crippen LogP contribution in [0.15, 0.2) is 24.3 Å². The van der Waals surface area contributed by atoms with Crippen molar-refractivity contribution in [2.45, 2.75) is 264 Å². The van der Waals surface area contributed by atoms with Crippen LogP contribution in [0.2, 0.25) is 0 Å². The number of phosphoric ester groups is 1. The molecule has 9 nitrogen and oxygen atoms in total. The molecule has 2 atom stereocenters. The number of rotatable bonds is 50. The molecule has 0 aliphatic carbocycles. The number of unbranched alkanes of at least 4 members (excludes halogenated alkanes) is 32. The molecule has 0 heterocycles. The fourth-order valence-corrected chi connectivity index (χ4v) is 8.48. The molecule has 0 fully saturated rings. The second-order valence-electron chi connectivity index (χ2n) is 19.6. The van der Waals surface area contributed by atoms with E-state index in [1.165, 1.54) is 173 Å². The molecule has 0 spiro atoms. The Morgan fingerprint density at radius 2 is 0.844 bits per heavy atom. The summed E-state index contributed by atoms with van der Waals surface area (Å²) in [4.78, 5) is 37.8. The van der Waals surface area contributed by atoms with E-state index in [0.29, 0.717) is 17.4 Å². The van der Waals surface area contributed by atoms with Crippen LogP contribution in [0.3, 0.4) is 0 Å². The van der Waals surface area contributed by atoms with Gasteiger partial charge in [-0.05, 0) is 44.9 Å². The molecule has 64 heavy (non-hydrogen) atoms. The first-order chi connectivity index (χ1) is 31.0. The molecule has 10 heteroatoms. The summed E-state index contributed by atoms with van der Waals surface area (Å²) in [6, 6.07) is 0. The number of quaternary nitrogens is 1. The molecule has 0 aliphatic rings. The molecule has 1 unspecified atom stereocenters. The molecule has 0 saturated heterocycles. The maximum Gasteiger partial charge on any atom is 0.306 e. The van der Waals surface area contributed by atoms with Gasteiger partial charge in [-0.2, -0.15) is 0 Å². The van der Waals surface area contributed by atoms with Crippen LogP contribution >= 0.6 is 7.82 Å². The lowest BCUT2D eigenvalue weighted by molar-refractivity contribution is -0.870. The van der Waals surface area contributed by atoms with E-state index in [1.54, 1.807) is 0 Å². The third kappa shape index (κ3) is 49.9. The lowest BCUT2D eigenvalue weighted by Gasteiger charge is -2.28. The third-order valence-corrected chi connectivity index (χ3v) is 12.9. The standard InChI is InChI=1S/C54H104NO8P/c1-6-8-10-12-14-16-18-20-22-24-26-27-29-30-32-34-36-38-40-42-44-46-53(56)60-50-52(51-62-64(58,59)61-49-48-55(3,4)5)63-54(57)47-45-43-41-39-37-35-33-31-28-25-23-21-19-17-15-13-11-9-7-2/h15,17,21,23,52H,6-14,16,18-20,22,24-51H2,1-5H3/b17-15+,23-21+/t52-/m1/s1. The van der Waals surface area contributed by atoms with Crippen LogP contribution in [-0.2, 0) is 32.7 Å². The van der Waals surface area contributed by atoms with Crippen molar-refractivity contribution in [3.05, 3.63) is 24.3 Å². The predicted molar refractivity (Wildman–Crippen MR) is 268 cm³/mol. The number of ether oxygens (including phenoxy) is 2. The van der Waals surface area contributed by atoms with E-state index in [4.69, 9.17) is 18.5 Å². The molecule has 0 aromatic carbocycles. The van der Waals surface area contributed by atoms with Gasteiger partial charge >= 0.3 is 11.9 Å². The Kier molecular flexibility index (Phi) is 45.5. The minimum absolute atomic E-state index is 0.0294. The number of nitrogens with zero attached hydrogens (tertiary/aromatic N) is 1. The van der Waals surface area contributed by atoms with Gasteiger partial charge in [0.15, 0.2) is 6.10 Å². The largest absolute Gasteiger partial charge is 0.756 e. The molecular formula is C54H104NO8P. The van der Waals surface area contributed by atoms with E-state index in [9.17, 15) is 19.0 Å². The minimum atomic E-state index is -4.63. The summed E-state index contributed by atoms with van der Waals surface area (Å²) in [7, 11) is 1.17. The van der Waals surface area contributed by atoms with Crippen molar-refractivity contribution in [3.8, 4) is 0 Å². The van der Waals surface area contributed by atoms with Crippen molar-refractivity contribution in [1.29, 1.82) is 0 Å². The first-order valence-corrected chi connectivity index (χ1v) is 28.5. The number of likely N-dealkylation sites (N-methyl/N-ethyl adjacent to an activating group) is 1. The number of carbonyl (C=O) groups is 2.